The van der Waals surface area contributed by atoms with Crippen molar-refractivity contribution >= 4 is 11.6 Å². The third-order valence-electron chi connectivity index (χ3n) is 4.71. The Morgan fingerprint density at radius 2 is 2.04 bits per heavy atom. The molecule has 0 bridgehead atoms. The van der Waals surface area contributed by atoms with Crippen LogP contribution in [0.5, 0.6) is 5.75 Å². The van der Waals surface area contributed by atoms with Crippen molar-refractivity contribution in [1.82, 2.24) is 20.2 Å². The van der Waals surface area contributed by atoms with Crippen LogP contribution in [0.3, 0.4) is 0 Å². The molecule has 5 rings (SSSR count). The lowest BCUT2D eigenvalue weighted by Gasteiger charge is -2.12. The van der Waals surface area contributed by atoms with E-state index < -0.39 is 6.10 Å². The summed E-state index contributed by atoms with van der Waals surface area (Å²) in [5.41, 5.74) is 2.65. The minimum absolute atomic E-state index is 0.153. The van der Waals surface area contributed by atoms with Crippen molar-refractivity contribution in [3.63, 3.8) is 0 Å². The van der Waals surface area contributed by atoms with Crippen molar-refractivity contribution in [2.45, 2.75) is 31.4 Å². The molecule has 2 heterocycles. The summed E-state index contributed by atoms with van der Waals surface area (Å²) < 4.78 is 7.61. The number of anilines is 1. The van der Waals surface area contributed by atoms with Gasteiger partial charge in [0.1, 0.15) is 5.75 Å². The number of nitrogens with one attached hydrogen (secondary N) is 1. The number of tetrazole rings is 1. The van der Waals surface area contributed by atoms with Crippen LogP contribution in [0.1, 0.15) is 24.4 Å². The molecule has 2 aromatic carbocycles. The van der Waals surface area contributed by atoms with Crippen LogP contribution in [0.2, 0.25) is 0 Å². The van der Waals surface area contributed by atoms with E-state index in [0.29, 0.717) is 18.2 Å². The number of ether oxygens (including phenoxy) is 1. The van der Waals surface area contributed by atoms with E-state index in [4.69, 9.17) is 4.74 Å². The molecule has 1 aliphatic carbocycles. The van der Waals surface area contributed by atoms with Crippen molar-refractivity contribution in [2.24, 2.45) is 0 Å². The summed E-state index contributed by atoms with van der Waals surface area (Å²) in [5.74, 6) is 1.36. The Kier molecular flexibility index (Phi) is 3.44. The highest BCUT2D eigenvalue weighted by Gasteiger charge is 2.30. The summed E-state index contributed by atoms with van der Waals surface area (Å²) in [6.45, 7) is 0. The molecule has 0 radical (unpaired) electrons. The van der Waals surface area contributed by atoms with Gasteiger partial charge in [-0.25, -0.2) is 4.68 Å². The molecule has 130 valence electrons. The van der Waals surface area contributed by atoms with Crippen molar-refractivity contribution < 1.29 is 9.53 Å². The maximum atomic E-state index is 12.6. The lowest BCUT2D eigenvalue weighted by Crippen LogP contribution is -2.31. The van der Waals surface area contributed by atoms with E-state index in [1.54, 1.807) is 0 Å². The predicted octanol–water partition coefficient (Wildman–Crippen LogP) is 2.62. The Labute approximate surface area is 150 Å². The number of rotatable bonds is 4. The first-order valence-corrected chi connectivity index (χ1v) is 8.72. The van der Waals surface area contributed by atoms with Crippen LogP contribution in [-0.4, -0.2) is 32.2 Å². The summed E-state index contributed by atoms with van der Waals surface area (Å²) >= 11 is 0. The van der Waals surface area contributed by atoms with E-state index >= 15 is 0 Å². The number of benzene rings is 2. The fourth-order valence-corrected chi connectivity index (χ4v) is 3.24. The molecular formula is C19H17N5O2. The van der Waals surface area contributed by atoms with Gasteiger partial charge < -0.3 is 10.1 Å². The van der Waals surface area contributed by atoms with Crippen LogP contribution in [0.15, 0.2) is 48.5 Å². The van der Waals surface area contributed by atoms with E-state index in [0.717, 1.165) is 35.5 Å². The Morgan fingerprint density at radius 3 is 2.88 bits per heavy atom. The third kappa shape index (κ3) is 2.71. The van der Waals surface area contributed by atoms with Gasteiger partial charge in [-0.15, -0.1) is 5.10 Å². The number of para-hydroxylation sites is 1. The van der Waals surface area contributed by atoms with Gasteiger partial charge in [0.2, 0.25) is 0 Å². The average molecular weight is 347 g/mol. The first kappa shape index (κ1) is 15.1. The van der Waals surface area contributed by atoms with Crippen molar-refractivity contribution in [3.05, 3.63) is 54.1 Å². The number of carbonyl (C=O) groups is 1. The Hall–Kier alpha value is -3.22. The van der Waals surface area contributed by atoms with Crippen LogP contribution in [-0.2, 0) is 11.2 Å². The average Bonchev–Trinajstić information content (AvgIpc) is 3.22. The van der Waals surface area contributed by atoms with Crippen LogP contribution in [0.25, 0.3) is 11.4 Å². The van der Waals surface area contributed by atoms with Gasteiger partial charge in [-0.2, -0.15) is 0 Å². The first-order chi connectivity index (χ1) is 12.8. The lowest BCUT2D eigenvalue weighted by molar-refractivity contribution is -0.122. The molecule has 0 saturated heterocycles. The smallest absolute Gasteiger partial charge is 0.265 e. The number of nitrogens with zero attached hydrogens (tertiary/aromatic N) is 4. The molecule has 7 nitrogen and oxygen atoms in total. The maximum absolute atomic E-state index is 12.6. The molecule has 1 N–H and O–H groups in total. The second kappa shape index (κ2) is 5.94. The quantitative estimate of drug-likeness (QED) is 0.784. The molecule has 1 amide bonds. The predicted molar refractivity (Wildman–Crippen MR) is 94.7 cm³/mol. The standard InChI is InChI=1S/C19H17N5O2/c25-19(17-11-12-4-1-2-7-16(12)26-17)20-14-6-3-5-13(10-14)18-21-22-23-24(18)15-8-9-15/h1-7,10,15,17H,8-9,11H2,(H,20,25). The second-order valence-electron chi connectivity index (χ2n) is 6.67. The largest absolute Gasteiger partial charge is 0.480 e. The van der Waals surface area contributed by atoms with Gasteiger partial charge >= 0.3 is 0 Å². The van der Waals surface area contributed by atoms with Crippen molar-refractivity contribution in [2.75, 3.05) is 5.32 Å². The van der Waals surface area contributed by atoms with Crippen LogP contribution in [0, 0.1) is 0 Å². The summed E-state index contributed by atoms with van der Waals surface area (Å²) in [6.07, 6.45) is 2.29. The molecule has 1 fully saturated rings. The molecule has 1 unspecified atom stereocenters. The minimum atomic E-state index is -0.507. The molecule has 2 aliphatic rings. The summed E-state index contributed by atoms with van der Waals surface area (Å²) in [5, 5.41) is 15.0. The zero-order chi connectivity index (χ0) is 17.5. The van der Waals surface area contributed by atoms with Crippen molar-refractivity contribution in [1.29, 1.82) is 0 Å². The fourth-order valence-electron chi connectivity index (χ4n) is 3.24. The highest BCUT2D eigenvalue weighted by molar-refractivity contribution is 5.95. The molecular weight excluding hydrogens is 330 g/mol. The number of amides is 1. The fraction of sp³-hybridized carbons (Fsp3) is 0.263. The highest BCUT2D eigenvalue weighted by Crippen LogP contribution is 2.37. The van der Waals surface area contributed by atoms with E-state index in [2.05, 4.69) is 20.8 Å². The van der Waals surface area contributed by atoms with Gasteiger partial charge in [-0.05, 0) is 47.0 Å². The molecule has 1 aliphatic heterocycles. The Morgan fingerprint density at radius 1 is 1.15 bits per heavy atom. The molecule has 0 spiro atoms. The number of hydrogen-bond donors (Lipinski definition) is 1. The Bertz CT molecular complexity index is 954. The molecule has 7 heteroatoms. The summed E-state index contributed by atoms with van der Waals surface area (Å²) in [4.78, 5) is 12.6. The van der Waals surface area contributed by atoms with E-state index in [1.165, 1.54) is 0 Å². The van der Waals surface area contributed by atoms with Gasteiger partial charge in [0.25, 0.3) is 5.91 Å². The van der Waals surface area contributed by atoms with E-state index in [-0.39, 0.29) is 5.91 Å². The minimum Gasteiger partial charge on any atom is -0.480 e. The first-order valence-electron chi connectivity index (χ1n) is 8.72. The van der Waals surface area contributed by atoms with Gasteiger partial charge in [0, 0.05) is 17.7 Å². The molecule has 1 saturated carbocycles. The molecule has 3 aromatic rings. The van der Waals surface area contributed by atoms with E-state index in [9.17, 15) is 4.79 Å². The maximum Gasteiger partial charge on any atom is 0.265 e. The number of hydrogen-bond acceptors (Lipinski definition) is 5. The lowest BCUT2D eigenvalue weighted by atomic mass is 10.1. The zero-order valence-electron chi connectivity index (χ0n) is 14.0. The normalized spacial score (nSPS) is 18.2. The Balaban J connectivity index is 1.34. The summed E-state index contributed by atoms with van der Waals surface area (Å²) in [6, 6.07) is 15.7. The van der Waals surface area contributed by atoms with E-state index in [1.807, 2.05) is 53.2 Å². The van der Waals surface area contributed by atoms with Gasteiger partial charge in [-0.1, -0.05) is 30.3 Å². The number of fused-ring (bicyclic) bond motifs is 1. The molecule has 1 atom stereocenters. The third-order valence-corrected chi connectivity index (χ3v) is 4.71. The second-order valence-corrected chi connectivity index (χ2v) is 6.67. The summed E-state index contributed by atoms with van der Waals surface area (Å²) in [7, 11) is 0. The SMILES string of the molecule is O=C(Nc1cccc(-c2nnnn2C2CC2)c1)C1Cc2ccccc2O1. The zero-order valence-corrected chi connectivity index (χ0v) is 14.0. The van der Waals surface area contributed by atoms with Crippen LogP contribution in [0.4, 0.5) is 5.69 Å². The number of carbonyl (C=O) groups excluding carboxylic acids is 1. The monoisotopic (exact) mass is 347 g/mol. The highest BCUT2D eigenvalue weighted by atomic mass is 16.5. The number of aromatic nitrogens is 4. The van der Waals surface area contributed by atoms with Crippen LogP contribution < -0.4 is 10.1 Å². The van der Waals surface area contributed by atoms with Gasteiger partial charge in [-0.3, -0.25) is 4.79 Å². The van der Waals surface area contributed by atoms with Crippen LogP contribution >= 0.6 is 0 Å². The molecule has 1 aromatic heterocycles. The van der Waals surface area contributed by atoms with Gasteiger partial charge in [0.05, 0.1) is 6.04 Å². The molecule has 26 heavy (non-hydrogen) atoms. The van der Waals surface area contributed by atoms with Crippen molar-refractivity contribution in [3.8, 4) is 17.1 Å². The van der Waals surface area contributed by atoms with Gasteiger partial charge in [0.15, 0.2) is 11.9 Å². The topological polar surface area (TPSA) is 81.9 Å².